The van der Waals surface area contributed by atoms with Gasteiger partial charge in [-0.3, -0.25) is 23.9 Å². The lowest BCUT2D eigenvalue weighted by Crippen LogP contribution is -2.46. The minimum absolute atomic E-state index is 0.138. The van der Waals surface area contributed by atoms with E-state index in [1.54, 1.807) is 17.4 Å². The number of rotatable bonds is 13. The molecular formula is C32H38N4O5S. The van der Waals surface area contributed by atoms with E-state index in [2.05, 4.69) is 44.8 Å². The molecule has 1 aliphatic heterocycles. The first-order valence-electron chi connectivity index (χ1n) is 14.6. The van der Waals surface area contributed by atoms with Gasteiger partial charge in [-0.05, 0) is 73.0 Å². The standard InChI is InChI=1S/C32H38N4O5S/c1-24(37)33-14-5-8-32(39)41-23-36-29-22-26(11-9-25(29)10-12-31(36)38)40-20-3-2-15-34-16-18-35(19-17-34)28-6-4-7-30-27(28)13-21-42-30/h4,6-7,9-13,21-22H,2-3,5,8,14-20,23H2,1H3,(H,33,37). The molecule has 0 unspecified atom stereocenters. The first-order chi connectivity index (χ1) is 20.5. The van der Waals surface area contributed by atoms with Crippen LogP contribution in [0.3, 0.4) is 0 Å². The van der Waals surface area contributed by atoms with Crippen molar-refractivity contribution in [3.63, 3.8) is 0 Å². The molecule has 0 saturated carbocycles. The van der Waals surface area contributed by atoms with Gasteiger partial charge in [0.1, 0.15) is 5.75 Å². The number of carbonyl (C=O) groups is 2. The summed E-state index contributed by atoms with van der Waals surface area (Å²) < 4.78 is 14.2. The summed E-state index contributed by atoms with van der Waals surface area (Å²) in [5, 5.41) is 7.03. The summed E-state index contributed by atoms with van der Waals surface area (Å²) in [6.07, 6.45) is 2.62. The van der Waals surface area contributed by atoms with E-state index in [-0.39, 0.29) is 24.6 Å². The Balaban J connectivity index is 1.06. The van der Waals surface area contributed by atoms with Gasteiger partial charge in [0.25, 0.3) is 5.56 Å². The van der Waals surface area contributed by atoms with E-state index >= 15 is 0 Å². The molecule has 3 heterocycles. The van der Waals surface area contributed by atoms with Crippen LogP contribution in [0.1, 0.15) is 32.6 Å². The van der Waals surface area contributed by atoms with Gasteiger partial charge >= 0.3 is 5.97 Å². The fraction of sp³-hybridized carbons (Fsp3) is 0.406. The van der Waals surface area contributed by atoms with Crippen LogP contribution in [0.15, 0.2) is 64.8 Å². The van der Waals surface area contributed by atoms with Crippen molar-refractivity contribution < 1.29 is 19.1 Å². The smallest absolute Gasteiger partial charge is 0.307 e. The number of benzene rings is 2. The predicted octanol–water partition coefficient (Wildman–Crippen LogP) is 4.61. The maximum Gasteiger partial charge on any atom is 0.307 e. The summed E-state index contributed by atoms with van der Waals surface area (Å²) in [5.41, 5.74) is 1.75. The molecule has 5 rings (SSSR count). The highest BCUT2D eigenvalue weighted by atomic mass is 32.1. The first kappa shape index (κ1) is 29.6. The van der Waals surface area contributed by atoms with Crippen LogP contribution >= 0.6 is 11.3 Å². The van der Waals surface area contributed by atoms with Crippen molar-refractivity contribution in [2.24, 2.45) is 0 Å². The van der Waals surface area contributed by atoms with Gasteiger partial charge in [0.05, 0.1) is 12.1 Å². The van der Waals surface area contributed by atoms with Gasteiger partial charge in [-0.1, -0.05) is 6.07 Å². The molecule has 0 radical (unpaired) electrons. The van der Waals surface area contributed by atoms with Crippen LogP contribution < -0.4 is 20.5 Å². The maximum absolute atomic E-state index is 12.6. The third-order valence-corrected chi connectivity index (χ3v) is 8.46. The van der Waals surface area contributed by atoms with Gasteiger partial charge in [0.2, 0.25) is 5.91 Å². The average Bonchev–Trinajstić information content (AvgIpc) is 3.48. The van der Waals surface area contributed by atoms with Gasteiger partial charge in [-0.15, -0.1) is 11.3 Å². The van der Waals surface area contributed by atoms with Gasteiger partial charge in [0, 0.05) is 74.0 Å². The summed E-state index contributed by atoms with van der Waals surface area (Å²) in [5.74, 6) is 0.124. The normalized spacial score (nSPS) is 13.9. The molecule has 2 aromatic carbocycles. The lowest BCUT2D eigenvalue weighted by atomic mass is 10.2. The Morgan fingerprint density at radius 2 is 1.81 bits per heavy atom. The quantitative estimate of drug-likeness (QED) is 0.180. The Kier molecular flexibility index (Phi) is 10.1. The van der Waals surface area contributed by atoms with Crippen LogP contribution in [0.4, 0.5) is 5.69 Å². The largest absolute Gasteiger partial charge is 0.494 e. The molecular weight excluding hydrogens is 552 g/mol. The van der Waals surface area contributed by atoms with Crippen LogP contribution in [0.25, 0.3) is 21.0 Å². The molecule has 222 valence electrons. The number of hydrogen-bond donors (Lipinski definition) is 1. The number of nitrogens with zero attached hydrogens (tertiary/aromatic N) is 3. The molecule has 0 atom stereocenters. The zero-order valence-electron chi connectivity index (χ0n) is 24.0. The topological polar surface area (TPSA) is 93.1 Å². The number of carbonyl (C=O) groups excluding carboxylic acids is 2. The molecule has 0 spiro atoms. The number of aromatic nitrogens is 1. The monoisotopic (exact) mass is 590 g/mol. The summed E-state index contributed by atoms with van der Waals surface area (Å²) in [6, 6.07) is 17.7. The minimum atomic E-state index is -0.419. The predicted molar refractivity (Wildman–Crippen MR) is 167 cm³/mol. The van der Waals surface area contributed by atoms with E-state index in [0.717, 1.165) is 51.0 Å². The van der Waals surface area contributed by atoms with Crippen molar-refractivity contribution in [1.82, 2.24) is 14.8 Å². The summed E-state index contributed by atoms with van der Waals surface area (Å²) >= 11 is 1.80. The summed E-state index contributed by atoms with van der Waals surface area (Å²) in [6.45, 7) is 7.50. The molecule has 9 nitrogen and oxygen atoms in total. The zero-order chi connectivity index (χ0) is 29.3. The second kappa shape index (κ2) is 14.3. The van der Waals surface area contributed by atoms with Crippen molar-refractivity contribution in [2.45, 2.75) is 39.3 Å². The highest BCUT2D eigenvalue weighted by molar-refractivity contribution is 7.17. The van der Waals surface area contributed by atoms with Crippen LogP contribution in [0.5, 0.6) is 5.75 Å². The number of fused-ring (bicyclic) bond motifs is 2. The number of esters is 1. The fourth-order valence-electron chi connectivity index (χ4n) is 5.29. The van der Waals surface area contributed by atoms with Crippen molar-refractivity contribution >= 4 is 49.9 Å². The number of piperazine rings is 1. The van der Waals surface area contributed by atoms with Crippen molar-refractivity contribution in [1.29, 1.82) is 0 Å². The van der Waals surface area contributed by atoms with Gasteiger partial charge in [-0.2, -0.15) is 0 Å². The van der Waals surface area contributed by atoms with E-state index in [4.69, 9.17) is 9.47 Å². The molecule has 1 aliphatic rings. The van der Waals surface area contributed by atoms with E-state index in [9.17, 15) is 14.4 Å². The van der Waals surface area contributed by atoms with Crippen LogP contribution in [0, 0.1) is 0 Å². The Bertz CT molecular complexity index is 1570. The van der Waals surface area contributed by atoms with E-state index < -0.39 is 5.97 Å². The molecule has 42 heavy (non-hydrogen) atoms. The SMILES string of the molecule is CC(=O)NCCCC(=O)OCn1c(=O)ccc2ccc(OCCCCN3CCN(c4cccc5sccc45)CC3)cc21. The Morgan fingerprint density at radius 3 is 2.64 bits per heavy atom. The van der Waals surface area contributed by atoms with Crippen molar-refractivity contribution in [2.75, 3.05) is 50.8 Å². The summed E-state index contributed by atoms with van der Waals surface area (Å²) in [4.78, 5) is 40.7. The van der Waals surface area contributed by atoms with Crippen LogP contribution in [0.2, 0.25) is 0 Å². The van der Waals surface area contributed by atoms with E-state index in [1.807, 2.05) is 18.2 Å². The molecule has 4 aromatic rings. The fourth-order valence-corrected chi connectivity index (χ4v) is 6.10. The van der Waals surface area contributed by atoms with Gasteiger partial charge in [-0.25, -0.2) is 0 Å². The van der Waals surface area contributed by atoms with E-state index in [0.29, 0.717) is 30.8 Å². The van der Waals surface area contributed by atoms with Crippen LogP contribution in [-0.2, 0) is 21.1 Å². The Labute approximate surface area is 249 Å². The van der Waals surface area contributed by atoms with Gasteiger partial charge in [0.15, 0.2) is 6.73 Å². The average molecular weight is 591 g/mol. The summed E-state index contributed by atoms with van der Waals surface area (Å²) in [7, 11) is 0. The van der Waals surface area contributed by atoms with Crippen molar-refractivity contribution in [3.05, 3.63) is 70.3 Å². The highest BCUT2D eigenvalue weighted by Gasteiger charge is 2.18. The third-order valence-electron chi connectivity index (χ3n) is 7.57. The minimum Gasteiger partial charge on any atom is -0.494 e. The number of nitrogens with one attached hydrogen (secondary N) is 1. The number of unbranched alkanes of at least 4 members (excludes halogenated alkanes) is 1. The third kappa shape index (κ3) is 7.68. The molecule has 1 fully saturated rings. The molecule has 10 heteroatoms. The zero-order valence-corrected chi connectivity index (χ0v) is 24.9. The molecule has 2 aromatic heterocycles. The number of ether oxygens (including phenoxy) is 2. The highest BCUT2D eigenvalue weighted by Crippen LogP contribution is 2.31. The lowest BCUT2D eigenvalue weighted by Gasteiger charge is -2.36. The van der Waals surface area contributed by atoms with Crippen LogP contribution in [-0.4, -0.2) is 67.2 Å². The molecule has 0 aliphatic carbocycles. The first-order valence-corrected chi connectivity index (χ1v) is 15.5. The molecule has 1 saturated heterocycles. The Hall–Kier alpha value is -3.89. The van der Waals surface area contributed by atoms with E-state index in [1.165, 1.54) is 33.3 Å². The number of hydrogen-bond acceptors (Lipinski definition) is 8. The maximum atomic E-state index is 12.6. The van der Waals surface area contributed by atoms with Crippen molar-refractivity contribution in [3.8, 4) is 5.75 Å². The molecule has 1 amide bonds. The number of amides is 1. The van der Waals surface area contributed by atoms with Gasteiger partial charge < -0.3 is 19.7 Å². The molecule has 1 N–H and O–H groups in total. The Morgan fingerprint density at radius 1 is 0.976 bits per heavy atom. The number of thiophene rings is 1. The molecule has 0 bridgehead atoms. The number of pyridine rings is 1. The lowest BCUT2D eigenvalue weighted by molar-refractivity contribution is -0.147. The second-order valence-electron chi connectivity index (χ2n) is 10.5. The second-order valence-corrected chi connectivity index (χ2v) is 11.5. The number of anilines is 1.